The van der Waals surface area contributed by atoms with Crippen molar-refractivity contribution in [3.63, 3.8) is 0 Å². The first-order valence-electron chi connectivity index (χ1n) is 16.8. The molecule has 5 heterocycles. The number of benzene rings is 3. The summed E-state index contributed by atoms with van der Waals surface area (Å²) in [6.07, 6.45) is 1.91. The first-order chi connectivity index (χ1) is 23.3. The Labute approximate surface area is 287 Å². The molecule has 0 aliphatic rings. The van der Waals surface area contributed by atoms with E-state index in [1.54, 1.807) is 24.4 Å². The van der Waals surface area contributed by atoms with Gasteiger partial charge in [0.25, 0.3) is 0 Å². The number of furan rings is 1. The van der Waals surface area contributed by atoms with Gasteiger partial charge in [-0.1, -0.05) is 68.8 Å². The molecule has 0 saturated carbocycles. The average Bonchev–Trinajstić information content (AvgIpc) is 3.68. The summed E-state index contributed by atoms with van der Waals surface area (Å²) in [7, 11) is 0. The van der Waals surface area contributed by atoms with Gasteiger partial charge in [-0.05, 0) is 63.4 Å². The monoisotopic (exact) mass is 787 g/mol. The second kappa shape index (κ2) is 12.6. The Morgan fingerprint density at radius 2 is 1.64 bits per heavy atom. The molecule has 0 atom stereocenters. The van der Waals surface area contributed by atoms with E-state index in [1.165, 1.54) is 28.5 Å². The van der Waals surface area contributed by atoms with E-state index >= 15 is 0 Å². The molecule has 8 rings (SSSR count). The first kappa shape index (κ1) is 25.0. The fourth-order valence-corrected chi connectivity index (χ4v) is 6.45. The summed E-state index contributed by atoms with van der Waals surface area (Å²) in [6.45, 7) is 3.28. The van der Waals surface area contributed by atoms with Gasteiger partial charge in [-0.25, -0.2) is 4.98 Å². The Hall–Kier alpha value is -4.22. The minimum atomic E-state index is -2.33. The number of aromatic nitrogens is 3. The topological polar surface area (TPSA) is 51.8 Å². The largest absolute Gasteiger partial charge is 0.500 e. The summed E-state index contributed by atoms with van der Waals surface area (Å²) in [5, 5.41) is 1.68. The van der Waals surface area contributed by atoms with E-state index in [4.69, 9.17) is 11.3 Å². The SMILES string of the molecule is [2H]C([2H])([2H])c1cc2oc3c[c-]c(-c4cc(C([2H])([2H])C(C)(C)C)ccn4)c4sc(n1)c2c34.[Ir].[c-]1ccccc1-c1cc(-c2ccccc2)ccn1. The summed E-state index contributed by atoms with van der Waals surface area (Å²) < 4.78 is 47.1. The van der Waals surface area contributed by atoms with Gasteiger partial charge in [0.05, 0.1) is 5.58 Å². The molecule has 0 aliphatic carbocycles. The smallest absolute Gasteiger partial charge is 0.125 e. The molecular formula is C39H31IrN3OS-2. The van der Waals surface area contributed by atoms with Gasteiger partial charge in [-0.15, -0.1) is 53.6 Å². The molecule has 1 radical (unpaired) electrons. The third-order valence-corrected chi connectivity index (χ3v) is 8.16. The molecular weight excluding hydrogens is 751 g/mol. The molecule has 0 bridgehead atoms. The van der Waals surface area contributed by atoms with Crippen molar-refractivity contribution in [2.45, 2.75) is 34.0 Å². The second-order valence-corrected chi connectivity index (χ2v) is 12.5. The van der Waals surface area contributed by atoms with E-state index in [2.05, 4.69) is 45.3 Å². The first-order valence-corrected chi connectivity index (χ1v) is 15.1. The van der Waals surface area contributed by atoms with Crippen LogP contribution in [-0.2, 0) is 26.5 Å². The fraction of sp³-hybridized carbons (Fsp3) is 0.154. The molecule has 225 valence electrons. The number of pyridine rings is 3. The summed E-state index contributed by atoms with van der Waals surface area (Å²) in [5.41, 5.74) is 6.76. The van der Waals surface area contributed by atoms with Crippen LogP contribution in [0.3, 0.4) is 0 Å². The van der Waals surface area contributed by atoms with Gasteiger partial charge in [-0.3, -0.25) is 0 Å². The normalized spacial score (nSPS) is 13.7. The number of aryl methyl sites for hydroxylation is 1. The van der Waals surface area contributed by atoms with Gasteiger partial charge >= 0.3 is 0 Å². The molecule has 0 unspecified atom stereocenters. The predicted molar refractivity (Wildman–Crippen MR) is 182 cm³/mol. The number of rotatable bonds is 4. The molecule has 8 aromatic rings. The maximum absolute atomic E-state index is 8.60. The standard InChI is InChI=1S/C22H19N2OS.C17H12N.Ir/c1-12-9-17-19-18-16(25-17)6-5-14(20(18)26-21(19)24-12)15-10-13(7-8-23-15)11-22(2,3)4;1-3-7-14(8-4-1)16-11-12-18-17(13-16)15-9-5-2-6-10-15;/h6-10H,11H2,1-4H3;1-9,11-13H;/q2*-1;/i1D3,11D2;;. The molecule has 45 heavy (non-hydrogen) atoms. The van der Waals surface area contributed by atoms with Crippen LogP contribution in [0.2, 0.25) is 0 Å². The number of nitrogens with zero attached hydrogens (tertiary/aromatic N) is 3. The van der Waals surface area contributed by atoms with Gasteiger partial charge in [0.1, 0.15) is 10.4 Å². The molecule has 4 nitrogen and oxygen atoms in total. The van der Waals surface area contributed by atoms with Crippen LogP contribution >= 0.6 is 11.3 Å². The van der Waals surface area contributed by atoms with E-state index in [1.807, 2.05) is 75.5 Å². The van der Waals surface area contributed by atoms with E-state index in [0.717, 1.165) is 32.3 Å². The Bertz CT molecular complexity index is 2350. The number of hydrogen-bond donors (Lipinski definition) is 0. The van der Waals surface area contributed by atoms with E-state index in [-0.39, 0.29) is 25.8 Å². The number of thiophene rings is 1. The van der Waals surface area contributed by atoms with Crippen molar-refractivity contribution in [1.82, 2.24) is 15.0 Å². The van der Waals surface area contributed by atoms with Gasteiger partial charge in [0, 0.05) is 56.5 Å². The maximum Gasteiger partial charge on any atom is 0.125 e. The van der Waals surface area contributed by atoms with Crippen molar-refractivity contribution in [3.05, 3.63) is 127 Å². The van der Waals surface area contributed by atoms with E-state index < -0.39 is 18.6 Å². The van der Waals surface area contributed by atoms with Gasteiger partial charge < -0.3 is 14.4 Å². The number of hydrogen-bond acceptors (Lipinski definition) is 5. The maximum atomic E-state index is 8.60. The Kier molecular flexibility index (Phi) is 7.03. The van der Waals surface area contributed by atoms with Crippen LogP contribution in [0.15, 0.2) is 108 Å². The van der Waals surface area contributed by atoms with Gasteiger partial charge in [0.15, 0.2) is 0 Å². The molecule has 6 heteroatoms. The fourth-order valence-electron chi connectivity index (χ4n) is 5.24. The second-order valence-electron chi connectivity index (χ2n) is 11.5. The zero-order chi connectivity index (χ0) is 34.6. The van der Waals surface area contributed by atoms with Crippen LogP contribution in [0.4, 0.5) is 0 Å². The third kappa shape index (κ3) is 6.46. The Morgan fingerprint density at radius 1 is 0.844 bits per heavy atom. The van der Waals surface area contributed by atoms with Crippen molar-refractivity contribution in [3.8, 4) is 33.6 Å². The molecule has 5 aromatic heterocycles. The minimum absolute atomic E-state index is 0. The van der Waals surface area contributed by atoms with E-state index in [0.29, 0.717) is 27.3 Å². The summed E-state index contributed by atoms with van der Waals surface area (Å²) in [4.78, 5) is 13.9. The van der Waals surface area contributed by atoms with Crippen LogP contribution in [0, 0.1) is 24.4 Å². The van der Waals surface area contributed by atoms with Crippen LogP contribution in [0.25, 0.3) is 65.1 Å². The molecule has 0 saturated heterocycles. The van der Waals surface area contributed by atoms with Crippen molar-refractivity contribution in [2.75, 3.05) is 0 Å². The zero-order valence-electron chi connectivity index (χ0n) is 29.8. The van der Waals surface area contributed by atoms with Crippen molar-refractivity contribution in [2.24, 2.45) is 5.41 Å². The summed E-state index contributed by atoms with van der Waals surface area (Å²) >= 11 is 1.38. The molecule has 0 spiro atoms. The van der Waals surface area contributed by atoms with E-state index in [9.17, 15) is 0 Å². The molecule has 3 aromatic carbocycles. The van der Waals surface area contributed by atoms with Crippen LogP contribution in [0.1, 0.15) is 38.9 Å². The molecule has 0 N–H and O–H groups in total. The van der Waals surface area contributed by atoms with Crippen LogP contribution in [-0.4, -0.2) is 15.0 Å². The molecule has 0 amide bonds. The quantitative estimate of drug-likeness (QED) is 0.167. The van der Waals surface area contributed by atoms with Crippen LogP contribution in [0.5, 0.6) is 0 Å². The predicted octanol–water partition coefficient (Wildman–Crippen LogP) is 10.6. The Morgan fingerprint density at radius 3 is 2.42 bits per heavy atom. The summed E-state index contributed by atoms with van der Waals surface area (Å²) in [5.74, 6) is 0. The summed E-state index contributed by atoms with van der Waals surface area (Å²) in [6, 6.07) is 35.5. The average molecular weight is 787 g/mol. The third-order valence-electron chi connectivity index (χ3n) is 7.05. The van der Waals surface area contributed by atoms with Crippen molar-refractivity contribution in [1.29, 1.82) is 0 Å². The van der Waals surface area contributed by atoms with Crippen LogP contribution < -0.4 is 0 Å². The molecule has 0 fully saturated rings. The van der Waals surface area contributed by atoms with Crippen molar-refractivity contribution < 1.29 is 31.4 Å². The Balaban J connectivity index is 0.000000194. The van der Waals surface area contributed by atoms with Gasteiger partial charge in [-0.2, -0.15) is 11.3 Å². The minimum Gasteiger partial charge on any atom is -0.500 e. The van der Waals surface area contributed by atoms with Gasteiger partial charge in [0.2, 0.25) is 0 Å². The molecule has 0 aliphatic heterocycles. The van der Waals surface area contributed by atoms with Crippen molar-refractivity contribution >= 4 is 42.8 Å². The zero-order valence-corrected chi connectivity index (χ0v) is 28.0.